The second-order valence-electron chi connectivity index (χ2n) is 6.48. The summed E-state index contributed by atoms with van der Waals surface area (Å²) < 4.78 is 10.6. The highest BCUT2D eigenvalue weighted by molar-refractivity contribution is 14.1. The first kappa shape index (κ1) is 17.1. The van der Waals surface area contributed by atoms with E-state index >= 15 is 0 Å². The number of nitrogens with one attached hydrogen (secondary N) is 1. The monoisotopic (exact) mass is 458 g/mol. The van der Waals surface area contributed by atoms with Gasteiger partial charge in [-0.05, 0) is 31.1 Å². The van der Waals surface area contributed by atoms with E-state index < -0.39 is 0 Å². The van der Waals surface area contributed by atoms with Crippen LogP contribution < -0.4 is 9.88 Å². The number of allylic oxidation sites excluding steroid dienone is 6. The highest BCUT2D eigenvalue weighted by Gasteiger charge is 2.29. The number of nitrogens with zero attached hydrogens (tertiary/aromatic N) is 2. The number of imidazole rings is 1. The molecule has 0 saturated heterocycles. The number of fused-ring (bicyclic) bond motifs is 1. The van der Waals surface area contributed by atoms with E-state index in [-0.39, 0.29) is 0 Å². The molecule has 2 aliphatic heterocycles. The van der Waals surface area contributed by atoms with E-state index in [4.69, 9.17) is 4.74 Å². The predicted octanol–water partition coefficient (Wildman–Crippen LogP) is 4.30. The number of benzene rings is 1. The van der Waals surface area contributed by atoms with Crippen molar-refractivity contribution in [2.45, 2.75) is 13.3 Å². The third kappa shape index (κ3) is 2.80. The largest absolute Gasteiger partial charge is 0.441 e. The topological polar surface area (TPSA) is 30.1 Å². The lowest BCUT2D eigenvalue weighted by molar-refractivity contribution is -0.647. The van der Waals surface area contributed by atoms with Crippen LogP contribution >= 0.6 is 22.9 Å². The van der Waals surface area contributed by atoms with Gasteiger partial charge in [0.15, 0.2) is 16.9 Å². The number of halogens is 1. The number of aryl methyl sites for hydroxylation is 1. The number of dihydropyridines is 1. The number of rotatable bonds is 1. The number of hydrogen-bond donors (Lipinski definition) is 1. The molecule has 0 unspecified atom stereocenters. The lowest BCUT2D eigenvalue weighted by Crippen LogP contribution is -2.32. The van der Waals surface area contributed by atoms with E-state index in [1.165, 1.54) is 11.0 Å². The molecule has 0 atom stereocenters. The van der Waals surface area contributed by atoms with Gasteiger partial charge >= 0.3 is 5.82 Å². The first-order chi connectivity index (χ1) is 12.6. The summed E-state index contributed by atoms with van der Waals surface area (Å²) in [5.41, 5.74) is 5.63. The fourth-order valence-electron chi connectivity index (χ4n) is 3.49. The summed E-state index contributed by atoms with van der Waals surface area (Å²) >= 11 is 2.35. The second-order valence-corrected chi connectivity index (χ2v) is 7.44. The van der Waals surface area contributed by atoms with Crippen LogP contribution in [-0.2, 0) is 11.8 Å². The van der Waals surface area contributed by atoms with Crippen molar-refractivity contribution < 1.29 is 9.30 Å². The SMILES string of the molecule is C=C1OC2=C(C=CCN2)C/C=C\C(C)=C1c1n(I)c2ccccc2[n+]1C. The maximum Gasteiger partial charge on any atom is 0.302 e. The average molecular weight is 458 g/mol. The summed E-state index contributed by atoms with van der Waals surface area (Å²) in [6, 6.07) is 8.39. The fourth-order valence-corrected chi connectivity index (χ4v) is 4.46. The summed E-state index contributed by atoms with van der Waals surface area (Å²) in [4.78, 5) is 0. The quantitative estimate of drug-likeness (QED) is 0.511. The van der Waals surface area contributed by atoms with Crippen molar-refractivity contribution in [2.75, 3.05) is 6.54 Å². The molecule has 5 heteroatoms. The van der Waals surface area contributed by atoms with Crippen LogP contribution in [0, 0.1) is 0 Å². The van der Waals surface area contributed by atoms with Gasteiger partial charge in [-0.1, -0.05) is 43.0 Å². The zero-order chi connectivity index (χ0) is 18.3. The average Bonchev–Trinajstić information content (AvgIpc) is 2.91. The smallest absolute Gasteiger partial charge is 0.302 e. The number of para-hydroxylation sites is 2. The Morgan fingerprint density at radius 2 is 2.04 bits per heavy atom. The molecule has 132 valence electrons. The molecule has 2 aromatic rings. The normalized spacial score (nSPS) is 18.8. The molecule has 3 heterocycles. The molecule has 0 saturated carbocycles. The highest BCUT2D eigenvalue weighted by Crippen LogP contribution is 2.32. The van der Waals surface area contributed by atoms with Crippen LogP contribution in [0.5, 0.6) is 0 Å². The molecule has 0 bridgehead atoms. The van der Waals surface area contributed by atoms with Gasteiger partial charge in [-0.2, -0.15) is 2.78 Å². The van der Waals surface area contributed by atoms with E-state index in [9.17, 15) is 0 Å². The molecular weight excluding hydrogens is 437 g/mol. The Hall–Kier alpha value is -2.28. The number of aromatic nitrogens is 2. The van der Waals surface area contributed by atoms with Crippen LogP contribution in [0.15, 0.2) is 77.9 Å². The molecule has 4 rings (SSSR count). The summed E-state index contributed by atoms with van der Waals surface area (Å²) in [6.45, 7) is 7.15. The molecule has 4 nitrogen and oxygen atoms in total. The Kier molecular flexibility index (Phi) is 4.48. The molecule has 0 radical (unpaired) electrons. The van der Waals surface area contributed by atoms with Gasteiger partial charge in [0.1, 0.15) is 11.3 Å². The molecule has 0 amide bonds. The zero-order valence-corrected chi connectivity index (χ0v) is 17.1. The second kappa shape index (κ2) is 6.79. The van der Waals surface area contributed by atoms with Gasteiger partial charge < -0.3 is 10.1 Å². The lowest BCUT2D eigenvalue weighted by Gasteiger charge is -2.19. The Balaban J connectivity index is 1.90. The molecule has 1 aromatic carbocycles. The standard InChI is InChI=1S/C21H21IN3O/c1-14-8-6-9-16-10-7-13-23-20(16)26-15(2)19(14)21-24(3)17-11-4-5-12-18(17)25(21)22/h4-8,10-12,23H,2,9,13H2,1,3H3/q+1/b8-6-,19-14?. The maximum absolute atomic E-state index is 6.21. The highest BCUT2D eigenvalue weighted by atomic mass is 127. The van der Waals surface area contributed by atoms with E-state index in [1.54, 1.807) is 0 Å². The lowest BCUT2D eigenvalue weighted by atomic mass is 10.1. The summed E-state index contributed by atoms with van der Waals surface area (Å²) in [5, 5.41) is 3.33. The third-order valence-electron chi connectivity index (χ3n) is 4.78. The summed E-state index contributed by atoms with van der Waals surface area (Å²) in [7, 11) is 2.09. The number of ether oxygens (including phenoxy) is 1. The van der Waals surface area contributed by atoms with E-state index in [0.29, 0.717) is 5.76 Å². The minimum Gasteiger partial charge on any atom is -0.441 e. The van der Waals surface area contributed by atoms with Gasteiger partial charge in [0.25, 0.3) is 0 Å². The van der Waals surface area contributed by atoms with E-state index in [1.807, 2.05) is 0 Å². The molecule has 26 heavy (non-hydrogen) atoms. The van der Waals surface area contributed by atoms with Gasteiger partial charge in [0.2, 0.25) is 22.9 Å². The zero-order valence-electron chi connectivity index (χ0n) is 14.9. The van der Waals surface area contributed by atoms with Crippen molar-refractivity contribution in [3.05, 3.63) is 83.8 Å². The summed E-state index contributed by atoms with van der Waals surface area (Å²) in [6.07, 6.45) is 9.41. The van der Waals surface area contributed by atoms with Gasteiger partial charge in [-0.3, -0.25) is 0 Å². The van der Waals surface area contributed by atoms with Crippen molar-refractivity contribution in [1.29, 1.82) is 0 Å². The van der Waals surface area contributed by atoms with E-state index in [2.05, 4.69) is 105 Å². The van der Waals surface area contributed by atoms with Crippen molar-refractivity contribution in [2.24, 2.45) is 7.05 Å². The molecular formula is C21H21IN3O+. The maximum atomic E-state index is 6.21. The minimum absolute atomic E-state index is 0.653. The Labute approximate surface area is 167 Å². The first-order valence-electron chi connectivity index (χ1n) is 8.62. The van der Waals surface area contributed by atoms with Gasteiger partial charge in [-0.25, -0.2) is 4.57 Å². The van der Waals surface area contributed by atoms with Crippen LogP contribution in [0.4, 0.5) is 0 Å². The summed E-state index contributed by atoms with van der Waals surface area (Å²) in [5.74, 6) is 2.52. The number of hydrogen-bond acceptors (Lipinski definition) is 2. The molecule has 1 N–H and O–H groups in total. The minimum atomic E-state index is 0.653. The van der Waals surface area contributed by atoms with Crippen LogP contribution in [-0.4, -0.2) is 9.33 Å². The van der Waals surface area contributed by atoms with Crippen molar-refractivity contribution >= 4 is 39.5 Å². The third-order valence-corrected chi connectivity index (χ3v) is 5.75. The van der Waals surface area contributed by atoms with Crippen LogP contribution in [0.1, 0.15) is 19.2 Å². The van der Waals surface area contributed by atoms with Crippen LogP contribution in [0.2, 0.25) is 0 Å². The Bertz CT molecular complexity index is 998. The van der Waals surface area contributed by atoms with Gasteiger partial charge in [-0.15, -0.1) is 0 Å². The van der Waals surface area contributed by atoms with E-state index in [0.717, 1.165) is 41.4 Å². The molecule has 1 aromatic heterocycles. The molecule has 2 aliphatic rings. The van der Waals surface area contributed by atoms with Crippen LogP contribution in [0.25, 0.3) is 16.6 Å². The van der Waals surface area contributed by atoms with Gasteiger partial charge in [0.05, 0.1) is 7.05 Å². The van der Waals surface area contributed by atoms with Gasteiger partial charge in [0, 0.05) is 12.1 Å². The predicted molar refractivity (Wildman–Crippen MR) is 113 cm³/mol. The molecule has 0 aliphatic carbocycles. The van der Waals surface area contributed by atoms with Crippen molar-refractivity contribution in [3.8, 4) is 0 Å². The van der Waals surface area contributed by atoms with Crippen LogP contribution in [0.3, 0.4) is 0 Å². The fraction of sp³-hybridized carbons (Fsp3) is 0.190. The van der Waals surface area contributed by atoms with Crippen molar-refractivity contribution in [3.63, 3.8) is 0 Å². The molecule has 0 fully saturated rings. The molecule has 0 spiro atoms. The Morgan fingerprint density at radius 1 is 1.23 bits per heavy atom. The Morgan fingerprint density at radius 3 is 2.85 bits per heavy atom. The first-order valence-corrected chi connectivity index (χ1v) is 9.58. The van der Waals surface area contributed by atoms with Crippen molar-refractivity contribution in [1.82, 2.24) is 8.10 Å².